The molecule has 1 aliphatic heterocycles. The predicted octanol–water partition coefficient (Wildman–Crippen LogP) is 5.68. The van der Waals surface area contributed by atoms with Gasteiger partial charge in [-0.2, -0.15) is 0 Å². The second-order valence-corrected chi connectivity index (χ2v) is 10.0. The van der Waals surface area contributed by atoms with Crippen LogP contribution in [0.1, 0.15) is 44.9 Å². The van der Waals surface area contributed by atoms with E-state index in [9.17, 15) is 18.7 Å². The number of carbonyl (C=O) groups excluding carboxylic acids is 1. The molecule has 9 heteroatoms. The molecular weight excluding hydrogens is 457 g/mol. The first-order valence-corrected chi connectivity index (χ1v) is 10.9. The zero-order valence-corrected chi connectivity index (χ0v) is 19.3. The SMILES string of the molecule is C=C(c1cc(C2(O)CN(C(=O)OC(C)(C)C)C2)c(F)c(-c2cc(Cl)c(F)cc2F)n1)C1CC1. The highest BCUT2D eigenvalue weighted by molar-refractivity contribution is 6.31. The monoisotopic (exact) mass is 480 g/mol. The number of pyridine rings is 1. The van der Waals surface area contributed by atoms with Gasteiger partial charge in [0, 0.05) is 17.2 Å². The highest BCUT2D eigenvalue weighted by Crippen LogP contribution is 2.44. The van der Waals surface area contributed by atoms with E-state index >= 15 is 4.39 Å². The summed E-state index contributed by atoms with van der Waals surface area (Å²) >= 11 is 5.81. The zero-order chi connectivity index (χ0) is 24.3. The molecule has 0 atom stereocenters. The van der Waals surface area contributed by atoms with Gasteiger partial charge in [-0.05, 0) is 57.2 Å². The van der Waals surface area contributed by atoms with Crippen LogP contribution in [0, 0.1) is 23.4 Å². The summed E-state index contributed by atoms with van der Waals surface area (Å²) in [5.41, 5.74) is -2.42. The lowest BCUT2D eigenvalue weighted by Crippen LogP contribution is -2.62. The topological polar surface area (TPSA) is 62.7 Å². The molecule has 0 spiro atoms. The molecule has 1 aromatic carbocycles. The third kappa shape index (κ3) is 4.59. The van der Waals surface area contributed by atoms with Crippen LogP contribution in [0.25, 0.3) is 16.8 Å². The largest absolute Gasteiger partial charge is 0.444 e. The fourth-order valence-electron chi connectivity index (χ4n) is 3.77. The van der Waals surface area contributed by atoms with Gasteiger partial charge in [-0.15, -0.1) is 0 Å². The summed E-state index contributed by atoms with van der Waals surface area (Å²) in [5.74, 6) is -2.84. The van der Waals surface area contributed by atoms with E-state index in [1.54, 1.807) is 20.8 Å². The van der Waals surface area contributed by atoms with Gasteiger partial charge in [0.1, 0.15) is 28.5 Å². The number of hydrogen-bond donors (Lipinski definition) is 1. The van der Waals surface area contributed by atoms with E-state index in [0.717, 1.165) is 18.9 Å². The number of nitrogens with zero attached hydrogens (tertiary/aromatic N) is 2. The first-order valence-electron chi connectivity index (χ1n) is 10.5. The second-order valence-electron chi connectivity index (χ2n) is 9.63. The molecule has 4 rings (SSSR count). The molecule has 2 aliphatic rings. The van der Waals surface area contributed by atoms with E-state index in [1.165, 1.54) is 11.0 Å². The molecule has 2 fully saturated rings. The van der Waals surface area contributed by atoms with E-state index < -0.39 is 40.4 Å². The van der Waals surface area contributed by atoms with Gasteiger partial charge >= 0.3 is 6.09 Å². The first-order chi connectivity index (χ1) is 15.3. The summed E-state index contributed by atoms with van der Waals surface area (Å²) in [6.45, 7) is 8.73. The molecule has 1 aliphatic carbocycles. The van der Waals surface area contributed by atoms with Crippen LogP contribution in [-0.4, -0.2) is 39.8 Å². The Morgan fingerprint density at radius 2 is 1.85 bits per heavy atom. The Bertz CT molecular complexity index is 1150. The number of hydrogen-bond acceptors (Lipinski definition) is 4. The van der Waals surface area contributed by atoms with Crippen LogP contribution in [0.15, 0.2) is 24.8 Å². The Morgan fingerprint density at radius 1 is 1.21 bits per heavy atom. The molecule has 1 amide bonds. The number of carbonyl (C=O) groups is 1. The molecule has 1 N–H and O–H groups in total. The van der Waals surface area contributed by atoms with Gasteiger partial charge in [0.15, 0.2) is 5.82 Å². The molecule has 1 aromatic heterocycles. The standard InChI is InChI=1S/C24H24ClF3N2O3/c1-12(13-5-6-13)19-8-15(24(32)10-30(11-24)22(31)33-23(2,3)4)20(28)21(29-19)14-7-16(25)18(27)9-17(14)26/h7-9,13,32H,1,5-6,10-11H2,2-4H3. The van der Waals surface area contributed by atoms with Gasteiger partial charge in [-0.3, -0.25) is 0 Å². The normalized spacial score (nSPS) is 17.5. The van der Waals surface area contributed by atoms with Crippen LogP contribution >= 0.6 is 11.6 Å². The van der Waals surface area contributed by atoms with Crippen molar-refractivity contribution in [2.24, 2.45) is 5.92 Å². The van der Waals surface area contributed by atoms with Gasteiger partial charge in [0.05, 0.1) is 23.8 Å². The second kappa shape index (κ2) is 8.02. The van der Waals surface area contributed by atoms with Gasteiger partial charge in [0.2, 0.25) is 0 Å². The minimum atomic E-state index is -1.74. The van der Waals surface area contributed by atoms with E-state index in [4.69, 9.17) is 16.3 Å². The fourth-order valence-corrected chi connectivity index (χ4v) is 3.93. The molecule has 176 valence electrons. The number of β-amino-alcohol motifs (C(OH)–C–C–N with tert-alkyl or cyclic N) is 1. The average Bonchev–Trinajstić information content (AvgIpc) is 3.52. The van der Waals surface area contributed by atoms with E-state index in [0.29, 0.717) is 17.3 Å². The van der Waals surface area contributed by atoms with Crippen molar-refractivity contribution in [1.29, 1.82) is 0 Å². The minimum Gasteiger partial charge on any atom is -0.444 e. The number of likely N-dealkylation sites (tertiary alicyclic amines) is 1. The van der Waals surface area contributed by atoms with Gasteiger partial charge < -0.3 is 14.7 Å². The lowest BCUT2D eigenvalue weighted by molar-refractivity contribution is -0.105. The van der Waals surface area contributed by atoms with Crippen molar-refractivity contribution in [1.82, 2.24) is 9.88 Å². The van der Waals surface area contributed by atoms with E-state index in [1.807, 2.05) is 0 Å². The van der Waals surface area contributed by atoms with Crippen molar-refractivity contribution in [2.45, 2.75) is 44.8 Å². The van der Waals surface area contributed by atoms with Crippen LogP contribution in [0.4, 0.5) is 18.0 Å². The molecule has 0 radical (unpaired) electrons. The molecule has 0 bridgehead atoms. The van der Waals surface area contributed by atoms with Crippen molar-refractivity contribution >= 4 is 23.3 Å². The molecule has 2 heterocycles. The molecule has 5 nitrogen and oxygen atoms in total. The summed E-state index contributed by atoms with van der Waals surface area (Å²) in [4.78, 5) is 17.8. The molecule has 1 saturated carbocycles. The Balaban J connectivity index is 1.75. The lowest BCUT2D eigenvalue weighted by Gasteiger charge is -2.46. The predicted molar refractivity (Wildman–Crippen MR) is 118 cm³/mol. The maximum atomic E-state index is 15.7. The minimum absolute atomic E-state index is 0.149. The van der Waals surface area contributed by atoms with Crippen molar-refractivity contribution in [3.05, 3.63) is 58.5 Å². The smallest absolute Gasteiger partial charge is 0.410 e. The average molecular weight is 481 g/mol. The quantitative estimate of drug-likeness (QED) is 0.572. The number of benzene rings is 1. The van der Waals surface area contributed by atoms with Gasteiger partial charge in [-0.1, -0.05) is 18.2 Å². The van der Waals surface area contributed by atoms with Crippen molar-refractivity contribution in [2.75, 3.05) is 13.1 Å². The van der Waals surface area contributed by atoms with Crippen molar-refractivity contribution in [3.63, 3.8) is 0 Å². The van der Waals surface area contributed by atoms with Gasteiger partial charge in [0.25, 0.3) is 0 Å². The maximum absolute atomic E-state index is 15.7. The van der Waals surface area contributed by atoms with Crippen molar-refractivity contribution in [3.8, 4) is 11.3 Å². The fraction of sp³-hybridized carbons (Fsp3) is 0.417. The summed E-state index contributed by atoms with van der Waals surface area (Å²) in [6.07, 6.45) is 1.16. The summed E-state index contributed by atoms with van der Waals surface area (Å²) in [6, 6.07) is 2.90. The summed E-state index contributed by atoms with van der Waals surface area (Å²) < 4.78 is 49.2. The molecular formula is C24H24ClF3N2O3. The zero-order valence-electron chi connectivity index (χ0n) is 18.5. The molecule has 0 unspecified atom stereocenters. The number of aliphatic hydroxyl groups is 1. The Hall–Kier alpha value is -2.58. The number of ether oxygens (including phenoxy) is 1. The number of aromatic nitrogens is 1. The Morgan fingerprint density at radius 3 is 2.42 bits per heavy atom. The van der Waals surface area contributed by atoms with Crippen LogP contribution in [0.5, 0.6) is 0 Å². The number of amides is 1. The lowest BCUT2D eigenvalue weighted by atomic mass is 9.84. The Kier molecular flexibility index (Phi) is 5.73. The van der Waals surface area contributed by atoms with Crippen LogP contribution < -0.4 is 0 Å². The maximum Gasteiger partial charge on any atom is 0.410 e. The van der Waals surface area contributed by atoms with Crippen molar-refractivity contribution < 1.29 is 27.8 Å². The number of allylic oxidation sites excluding steroid dienone is 1. The molecule has 2 aromatic rings. The molecule has 1 saturated heterocycles. The third-order valence-corrected chi connectivity index (χ3v) is 5.97. The highest BCUT2D eigenvalue weighted by Gasteiger charge is 2.49. The molecule has 33 heavy (non-hydrogen) atoms. The number of rotatable bonds is 4. The van der Waals surface area contributed by atoms with Crippen LogP contribution in [-0.2, 0) is 10.3 Å². The van der Waals surface area contributed by atoms with Crippen LogP contribution in [0.2, 0.25) is 5.02 Å². The first kappa shape index (κ1) is 23.6. The Labute approximate surface area is 194 Å². The summed E-state index contributed by atoms with van der Waals surface area (Å²) in [5, 5.41) is 10.8. The van der Waals surface area contributed by atoms with Crippen LogP contribution in [0.3, 0.4) is 0 Å². The van der Waals surface area contributed by atoms with E-state index in [-0.39, 0.29) is 35.2 Å². The third-order valence-electron chi connectivity index (χ3n) is 5.68. The summed E-state index contributed by atoms with van der Waals surface area (Å²) in [7, 11) is 0. The highest BCUT2D eigenvalue weighted by atomic mass is 35.5. The number of halogens is 4. The van der Waals surface area contributed by atoms with Gasteiger partial charge in [-0.25, -0.2) is 22.9 Å². The van der Waals surface area contributed by atoms with E-state index in [2.05, 4.69) is 11.6 Å².